The number of nitrogens with zero attached hydrogens (tertiary/aromatic N) is 4. The van der Waals surface area contributed by atoms with E-state index >= 15 is 0 Å². The predicted molar refractivity (Wildman–Crippen MR) is 112 cm³/mol. The first-order valence-electron chi connectivity index (χ1n) is 10.4. The lowest BCUT2D eigenvalue weighted by molar-refractivity contribution is 0.466. The molecule has 148 valence electrons. The highest BCUT2D eigenvalue weighted by Gasteiger charge is 2.20. The maximum atomic E-state index is 6.16. The molecule has 0 spiro atoms. The summed E-state index contributed by atoms with van der Waals surface area (Å²) in [6, 6.07) is 14.2. The molecule has 3 aromatic heterocycles. The molecule has 1 aliphatic heterocycles. The van der Waals surface area contributed by atoms with Crippen LogP contribution in [-0.4, -0.2) is 26.3 Å². The van der Waals surface area contributed by atoms with E-state index in [1.165, 1.54) is 19.3 Å². The highest BCUT2D eigenvalue weighted by Crippen LogP contribution is 2.28. The Bertz CT molecular complexity index is 1050. The van der Waals surface area contributed by atoms with Crippen LogP contribution in [0.4, 0.5) is 0 Å². The summed E-state index contributed by atoms with van der Waals surface area (Å²) in [6.07, 6.45) is 9.27. The average molecular weight is 387 g/mol. The monoisotopic (exact) mass is 387 g/mol. The maximum Gasteiger partial charge on any atom is 0.134 e. The van der Waals surface area contributed by atoms with Crippen molar-refractivity contribution >= 4 is 11.0 Å². The summed E-state index contributed by atoms with van der Waals surface area (Å²) in [5, 5.41) is 13.6. The van der Waals surface area contributed by atoms with Crippen molar-refractivity contribution in [1.29, 1.82) is 0 Å². The second-order valence-corrected chi connectivity index (χ2v) is 7.60. The number of pyridine rings is 1. The molecule has 1 unspecified atom stereocenters. The molecule has 0 saturated carbocycles. The molecule has 6 nitrogen and oxygen atoms in total. The van der Waals surface area contributed by atoms with Gasteiger partial charge in [-0.15, -0.1) is 10.2 Å². The summed E-state index contributed by atoms with van der Waals surface area (Å²) in [7, 11) is 0. The normalized spacial score (nSPS) is 15.2. The fourth-order valence-electron chi connectivity index (χ4n) is 4.13. The Labute approximate surface area is 170 Å². The standard InChI is InChI=1S/C23H25N5O/c1-2-10-21-26-27-22(28(21)14-5-1)11-13-25-23(18-8-6-12-24-16-18)20-15-17-7-3-4-9-19(17)29-20/h3-4,6-9,12,15-16,23,25H,1-2,5,10-11,13-14H2. The van der Waals surface area contributed by atoms with Gasteiger partial charge in [-0.1, -0.05) is 30.7 Å². The minimum atomic E-state index is -0.0531. The molecule has 5 rings (SSSR count). The third-order valence-electron chi connectivity index (χ3n) is 5.63. The molecular formula is C23H25N5O. The quantitative estimate of drug-likeness (QED) is 0.540. The fraction of sp³-hybridized carbons (Fsp3) is 0.348. The maximum absolute atomic E-state index is 6.16. The van der Waals surface area contributed by atoms with Crippen molar-refractivity contribution in [1.82, 2.24) is 25.1 Å². The number of benzene rings is 1. The molecule has 6 heteroatoms. The summed E-state index contributed by atoms with van der Waals surface area (Å²) in [6.45, 7) is 1.82. The minimum Gasteiger partial charge on any atom is -0.459 e. The lowest BCUT2D eigenvalue weighted by atomic mass is 10.1. The number of aryl methyl sites for hydroxylation is 1. The van der Waals surface area contributed by atoms with Crippen molar-refractivity contribution in [3.05, 3.63) is 77.8 Å². The zero-order valence-electron chi connectivity index (χ0n) is 16.4. The lowest BCUT2D eigenvalue weighted by Gasteiger charge is -2.17. The Morgan fingerprint density at radius 3 is 2.93 bits per heavy atom. The van der Waals surface area contributed by atoms with Crippen molar-refractivity contribution in [2.24, 2.45) is 0 Å². The smallest absolute Gasteiger partial charge is 0.134 e. The fourth-order valence-corrected chi connectivity index (χ4v) is 4.13. The summed E-state index contributed by atoms with van der Waals surface area (Å²) in [5.41, 5.74) is 1.99. The topological polar surface area (TPSA) is 68.8 Å². The highest BCUT2D eigenvalue weighted by molar-refractivity contribution is 5.77. The molecule has 0 bridgehead atoms. The van der Waals surface area contributed by atoms with Crippen LogP contribution < -0.4 is 5.32 Å². The van der Waals surface area contributed by atoms with Crippen molar-refractivity contribution in [3.8, 4) is 0 Å². The largest absolute Gasteiger partial charge is 0.459 e. The highest BCUT2D eigenvalue weighted by atomic mass is 16.3. The average Bonchev–Trinajstić information content (AvgIpc) is 3.28. The van der Waals surface area contributed by atoms with Crippen molar-refractivity contribution in [2.45, 2.75) is 44.7 Å². The molecule has 1 aliphatic rings. The van der Waals surface area contributed by atoms with Crippen LogP contribution in [0.15, 0.2) is 59.3 Å². The molecule has 29 heavy (non-hydrogen) atoms. The summed E-state index contributed by atoms with van der Waals surface area (Å²) >= 11 is 0. The molecule has 1 aromatic carbocycles. The van der Waals surface area contributed by atoms with Crippen LogP contribution in [0.1, 0.15) is 48.3 Å². The van der Waals surface area contributed by atoms with Crippen molar-refractivity contribution in [3.63, 3.8) is 0 Å². The molecule has 4 aromatic rings. The number of hydrogen-bond acceptors (Lipinski definition) is 5. The number of nitrogens with one attached hydrogen (secondary N) is 1. The molecule has 1 N–H and O–H groups in total. The zero-order valence-corrected chi connectivity index (χ0v) is 16.4. The van der Waals surface area contributed by atoms with Crippen LogP contribution in [0.2, 0.25) is 0 Å². The van der Waals surface area contributed by atoms with Gasteiger partial charge in [-0.25, -0.2) is 0 Å². The van der Waals surface area contributed by atoms with Gasteiger partial charge in [0.1, 0.15) is 23.0 Å². The first kappa shape index (κ1) is 18.1. The van der Waals surface area contributed by atoms with E-state index in [-0.39, 0.29) is 6.04 Å². The van der Waals surface area contributed by atoms with Crippen LogP contribution in [0.5, 0.6) is 0 Å². The van der Waals surface area contributed by atoms with E-state index in [9.17, 15) is 0 Å². The number of rotatable bonds is 6. The first-order chi connectivity index (χ1) is 14.4. The molecule has 0 radical (unpaired) electrons. The van der Waals surface area contributed by atoms with E-state index < -0.39 is 0 Å². The van der Waals surface area contributed by atoms with Gasteiger partial charge >= 0.3 is 0 Å². The van der Waals surface area contributed by atoms with Crippen LogP contribution in [0.3, 0.4) is 0 Å². The van der Waals surface area contributed by atoms with Gasteiger partial charge in [0.2, 0.25) is 0 Å². The molecule has 0 saturated heterocycles. The minimum absolute atomic E-state index is 0.0531. The predicted octanol–water partition coefficient (Wildman–Crippen LogP) is 4.07. The Morgan fingerprint density at radius 2 is 2.03 bits per heavy atom. The second-order valence-electron chi connectivity index (χ2n) is 7.60. The molecule has 0 aliphatic carbocycles. The number of fused-ring (bicyclic) bond motifs is 2. The molecule has 4 heterocycles. The Kier molecular flexibility index (Phi) is 5.09. The van der Waals surface area contributed by atoms with E-state index in [0.717, 1.165) is 59.9 Å². The summed E-state index contributed by atoms with van der Waals surface area (Å²) < 4.78 is 8.47. The second kappa shape index (κ2) is 8.17. The molecule has 0 fully saturated rings. The van der Waals surface area contributed by atoms with Crippen molar-refractivity contribution < 1.29 is 4.42 Å². The van der Waals surface area contributed by atoms with Gasteiger partial charge in [0.25, 0.3) is 0 Å². The van der Waals surface area contributed by atoms with E-state index in [1.807, 2.05) is 30.5 Å². The zero-order chi connectivity index (χ0) is 19.5. The molecule has 1 atom stereocenters. The first-order valence-corrected chi connectivity index (χ1v) is 10.4. The van der Waals surface area contributed by atoms with Gasteiger partial charge < -0.3 is 14.3 Å². The van der Waals surface area contributed by atoms with Gasteiger partial charge in [0.15, 0.2) is 0 Å². The van der Waals surface area contributed by atoms with Crippen LogP contribution >= 0.6 is 0 Å². The van der Waals surface area contributed by atoms with Gasteiger partial charge in [-0.3, -0.25) is 4.98 Å². The van der Waals surface area contributed by atoms with Gasteiger partial charge in [0.05, 0.1) is 6.04 Å². The Morgan fingerprint density at radius 1 is 1.07 bits per heavy atom. The van der Waals surface area contributed by atoms with E-state index in [2.05, 4.69) is 43.3 Å². The Hall–Kier alpha value is -2.99. The van der Waals surface area contributed by atoms with E-state index in [0.29, 0.717) is 0 Å². The summed E-state index contributed by atoms with van der Waals surface area (Å²) in [5.74, 6) is 3.11. The van der Waals surface area contributed by atoms with Crippen LogP contribution in [-0.2, 0) is 19.4 Å². The van der Waals surface area contributed by atoms with Gasteiger partial charge in [0, 0.05) is 43.7 Å². The molecule has 0 amide bonds. The molecular weight excluding hydrogens is 362 g/mol. The summed E-state index contributed by atoms with van der Waals surface area (Å²) in [4.78, 5) is 4.30. The Balaban J connectivity index is 1.36. The van der Waals surface area contributed by atoms with Crippen LogP contribution in [0.25, 0.3) is 11.0 Å². The van der Waals surface area contributed by atoms with E-state index in [1.54, 1.807) is 6.20 Å². The van der Waals surface area contributed by atoms with Crippen molar-refractivity contribution in [2.75, 3.05) is 6.54 Å². The lowest BCUT2D eigenvalue weighted by Crippen LogP contribution is -2.25. The van der Waals surface area contributed by atoms with Crippen LogP contribution in [0, 0.1) is 0 Å². The number of para-hydroxylation sites is 1. The third-order valence-corrected chi connectivity index (χ3v) is 5.63. The number of hydrogen-bond donors (Lipinski definition) is 1. The third kappa shape index (κ3) is 3.80. The van der Waals surface area contributed by atoms with Gasteiger partial charge in [-0.05, 0) is 36.6 Å². The van der Waals surface area contributed by atoms with E-state index in [4.69, 9.17) is 4.42 Å². The number of furan rings is 1. The SMILES string of the molecule is c1cncc(C(NCCc2nnc3n2CCCCC3)c2cc3ccccc3o2)c1. The number of aromatic nitrogens is 4. The van der Waals surface area contributed by atoms with Gasteiger partial charge in [-0.2, -0.15) is 0 Å².